The van der Waals surface area contributed by atoms with E-state index in [0.29, 0.717) is 17.5 Å². The second-order valence-corrected chi connectivity index (χ2v) is 5.92. The molecule has 1 aromatic rings. The molecule has 0 spiro atoms. The SMILES string of the molecule is CC(C)(C#N)CCCCOc1cc(Br)cc(F)c1F. The van der Waals surface area contributed by atoms with Gasteiger partial charge in [-0.25, -0.2) is 4.39 Å². The number of hydrogen-bond acceptors (Lipinski definition) is 2. The third kappa shape index (κ3) is 5.15. The lowest BCUT2D eigenvalue weighted by molar-refractivity contribution is 0.277. The molecule has 1 aromatic carbocycles. The summed E-state index contributed by atoms with van der Waals surface area (Å²) in [6.07, 6.45) is 2.25. The zero-order valence-corrected chi connectivity index (χ0v) is 12.6. The van der Waals surface area contributed by atoms with Crippen LogP contribution in [0.4, 0.5) is 8.78 Å². The molecule has 19 heavy (non-hydrogen) atoms. The van der Waals surface area contributed by atoms with Gasteiger partial charge in [-0.1, -0.05) is 15.9 Å². The third-order valence-corrected chi connectivity index (χ3v) is 3.17. The van der Waals surface area contributed by atoms with E-state index < -0.39 is 11.6 Å². The van der Waals surface area contributed by atoms with E-state index in [0.717, 1.165) is 18.9 Å². The Labute approximate surface area is 120 Å². The van der Waals surface area contributed by atoms with Crippen molar-refractivity contribution in [2.24, 2.45) is 5.41 Å². The summed E-state index contributed by atoms with van der Waals surface area (Å²) in [5.74, 6) is -2.00. The fourth-order valence-electron chi connectivity index (χ4n) is 1.54. The van der Waals surface area contributed by atoms with Gasteiger partial charge in [0, 0.05) is 4.47 Å². The van der Waals surface area contributed by atoms with Gasteiger partial charge in [0.15, 0.2) is 11.6 Å². The Morgan fingerprint density at radius 2 is 2.00 bits per heavy atom. The van der Waals surface area contributed by atoms with Crippen molar-refractivity contribution in [3.63, 3.8) is 0 Å². The first-order valence-corrected chi connectivity index (χ1v) is 6.83. The van der Waals surface area contributed by atoms with E-state index in [4.69, 9.17) is 10.00 Å². The maximum absolute atomic E-state index is 13.4. The van der Waals surface area contributed by atoms with Gasteiger partial charge < -0.3 is 4.74 Å². The molecule has 1 rings (SSSR count). The number of ether oxygens (including phenoxy) is 1. The van der Waals surface area contributed by atoms with E-state index in [1.807, 2.05) is 13.8 Å². The molecule has 2 nitrogen and oxygen atoms in total. The number of rotatable bonds is 6. The van der Waals surface area contributed by atoms with Crippen molar-refractivity contribution < 1.29 is 13.5 Å². The van der Waals surface area contributed by atoms with Gasteiger partial charge in [0.05, 0.1) is 18.1 Å². The summed E-state index contributed by atoms with van der Waals surface area (Å²) < 4.78 is 32.1. The number of nitrogens with zero attached hydrogens (tertiary/aromatic N) is 1. The van der Waals surface area contributed by atoms with E-state index in [1.165, 1.54) is 6.07 Å². The molecule has 0 radical (unpaired) electrons. The molecule has 0 unspecified atom stereocenters. The molecule has 5 heteroatoms. The van der Waals surface area contributed by atoms with Crippen LogP contribution in [0.3, 0.4) is 0 Å². The maximum atomic E-state index is 13.4. The smallest absolute Gasteiger partial charge is 0.200 e. The number of unbranched alkanes of at least 4 members (excludes halogenated alkanes) is 1. The Morgan fingerprint density at radius 3 is 2.63 bits per heavy atom. The average molecular weight is 332 g/mol. The Bertz CT molecular complexity index is 483. The van der Waals surface area contributed by atoms with Crippen LogP contribution in [0.5, 0.6) is 5.75 Å². The van der Waals surface area contributed by atoms with Crippen LogP contribution in [0, 0.1) is 28.4 Å². The second-order valence-electron chi connectivity index (χ2n) is 5.00. The fourth-order valence-corrected chi connectivity index (χ4v) is 1.95. The zero-order chi connectivity index (χ0) is 14.5. The minimum atomic E-state index is -0.972. The van der Waals surface area contributed by atoms with Crippen LogP contribution < -0.4 is 4.74 Å². The molecule has 0 saturated heterocycles. The van der Waals surface area contributed by atoms with Gasteiger partial charge in [-0.2, -0.15) is 9.65 Å². The number of nitriles is 1. The highest BCUT2D eigenvalue weighted by Gasteiger charge is 2.16. The zero-order valence-electron chi connectivity index (χ0n) is 11.0. The quantitative estimate of drug-likeness (QED) is 0.552. The Morgan fingerprint density at radius 1 is 1.32 bits per heavy atom. The topological polar surface area (TPSA) is 33.0 Å². The van der Waals surface area contributed by atoms with E-state index in [1.54, 1.807) is 0 Å². The van der Waals surface area contributed by atoms with Crippen LogP contribution >= 0.6 is 15.9 Å². The van der Waals surface area contributed by atoms with Crippen LogP contribution in [0.2, 0.25) is 0 Å². The molecule has 0 aliphatic rings. The predicted octanol–water partition coefficient (Wildman–Crippen LogP) is 4.83. The van der Waals surface area contributed by atoms with Gasteiger partial charge >= 0.3 is 0 Å². The average Bonchev–Trinajstić information content (AvgIpc) is 2.34. The molecular weight excluding hydrogens is 316 g/mol. The van der Waals surface area contributed by atoms with Gasteiger partial charge in [-0.15, -0.1) is 0 Å². The molecule has 0 amide bonds. The molecule has 0 N–H and O–H groups in total. The maximum Gasteiger partial charge on any atom is 0.200 e. The molecule has 0 aromatic heterocycles. The van der Waals surface area contributed by atoms with Crippen LogP contribution in [0.15, 0.2) is 16.6 Å². The number of benzene rings is 1. The van der Waals surface area contributed by atoms with Crippen LogP contribution in [0.1, 0.15) is 33.1 Å². The van der Waals surface area contributed by atoms with Crippen molar-refractivity contribution in [3.05, 3.63) is 28.2 Å². The first kappa shape index (κ1) is 15.9. The molecule has 0 bridgehead atoms. The van der Waals surface area contributed by atoms with Crippen molar-refractivity contribution in [3.8, 4) is 11.8 Å². The lowest BCUT2D eigenvalue weighted by Gasteiger charge is -2.14. The summed E-state index contributed by atoms with van der Waals surface area (Å²) in [4.78, 5) is 0. The Hall–Kier alpha value is -1.15. The summed E-state index contributed by atoms with van der Waals surface area (Å²) in [7, 11) is 0. The van der Waals surface area contributed by atoms with E-state index in [-0.39, 0.29) is 11.2 Å². The highest BCUT2D eigenvalue weighted by Crippen LogP contribution is 2.26. The van der Waals surface area contributed by atoms with Gasteiger partial charge in [0.2, 0.25) is 5.82 Å². The first-order valence-electron chi connectivity index (χ1n) is 6.04. The summed E-state index contributed by atoms with van der Waals surface area (Å²) in [5, 5.41) is 8.85. The van der Waals surface area contributed by atoms with Crippen LogP contribution in [0.25, 0.3) is 0 Å². The summed E-state index contributed by atoms with van der Waals surface area (Å²) in [5.41, 5.74) is -0.354. The van der Waals surface area contributed by atoms with Gasteiger partial charge in [-0.3, -0.25) is 0 Å². The monoisotopic (exact) mass is 331 g/mol. The Kier molecular flexibility index (Phi) is 5.74. The predicted molar refractivity (Wildman–Crippen MR) is 72.8 cm³/mol. The van der Waals surface area contributed by atoms with Crippen LogP contribution in [-0.2, 0) is 0 Å². The Balaban J connectivity index is 2.41. The minimum absolute atomic E-state index is 0.0913. The second kappa shape index (κ2) is 6.85. The minimum Gasteiger partial charge on any atom is -0.490 e. The molecule has 104 valence electrons. The van der Waals surface area contributed by atoms with Crippen molar-refractivity contribution >= 4 is 15.9 Å². The number of halogens is 3. The molecule has 0 aliphatic heterocycles. The van der Waals surface area contributed by atoms with Crippen molar-refractivity contribution in [2.75, 3.05) is 6.61 Å². The molecule has 0 heterocycles. The van der Waals surface area contributed by atoms with Crippen LogP contribution in [-0.4, -0.2) is 6.61 Å². The van der Waals surface area contributed by atoms with Gasteiger partial charge in [-0.05, 0) is 45.2 Å². The highest BCUT2D eigenvalue weighted by atomic mass is 79.9. The summed E-state index contributed by atoms with van der Waals surface area (Å²) in [6.45, 7) is 4.04. The lowest BCUT2D eigenvalue weighted by Crippen LogP contribution is -2.08. The van der Waals surface area contributed by atoms with Crippen molar-refractivity contribution in [2.45, 2.75) is 33.1 Å². The third-order valence-electron chi connectivity index (χ3n) is 2.72. The van der Waals surface area contributed by atoms with E-state index in [9.17, 15) is 8.78 Å². The largest absolute Gasteiger partial charge is 0.490 e. The van der Waals surface area contributed by atoms with Crippen molar-refractivity contribution in [1.82, 2.24) is 0 Å². The van der Waals surface area contributed by atoms with E-state index >= 15 is 0 Å². The highest BCUT2D eigenvalue weighted by molar-refractivity contribution is 9.10. The molecule has 0 aliphatic carbocycles. The molecular formula is C14H16BrF2NO. The number of hydrogen-bond donors (Lipinski definition) is 0. The summed E-state index contributed by atoms with van der Waals surface area (Å²) >= 11 is 3.08. The molecule has 0 atom stereocenters. The lowest BCUT2D eigenvalue weighted by atomic mass is 9.89. The van der Waals surface area contributed by atoms with Gasteiger partial charge in [0.1, 0.15) is 0 Å². The normalized spacial score (nSPS) is 11.2. The molecule has 0 saturated carbocycles. The molecule has 0 fully saturated rings. The first-order chi connectivity index (χ1) is 8.85. The fraction of sp³-hybridized carbons (Fsp3) is 0.500. The standard InChI is InChI=1S/C14H16BrF2NO/c1-14(2,9-18)5-3-4-6-19-12-8-10(15)7-11(16)13(12)17/h7-8H,3-6H2,1-2H3. The van der Waals surface area contributed by atoms with Gasteiger partial charge in [0.25, 0.3) is 0 Å². The van der Waals surface area contributed by atoms with E-state index in [2.05, 4.69) is 22.0 Å². The summed E-state index contributed by atoms with van der Waals surface area (Å²) in [6, 6.07) is 4.67. The van der Waals surface area contributed by atoms with Crippen molar-refractivity contribution in [1.29, 1.82) is 5.26 Å².